The van der Waals surface area contributed by atoms with E-state index < -0.39 is 5.60 Å². The van der Waals surface area contributed by atoms with Gasteiger partial charge >= 0.3 is 12.1 Å². The van der Waals surface area contributed by atoms with E-state index in [1.807, 2.05) is 6.07 Å². The number of H-pyrrole nitrogens is 1. The zero-order valence-electron chi connectivity index (χ0n) is 13.1. The minimum absolute atomic E-state index is 0.125. The Labute approximate surface area is 133 Å². The molecule has 0 saturated carbocycles. The smallest absolute Gasteiger partial charge is 0.407 e. The number of aromatic nitrogens is 2. The number of aromatic amines is 1. The summed E-state index contributed by atoms with van der Waals surface area (Å²) in [6, 6.07) is 1.73. The van der Waals surface area contributed by atoms with Gasteiger partial charge in [-0.1, -0.05) is 0 Å². The van der Waals surface area contributed by atoms with Crippen LogP contribution < -0.4 is 10.6 Å². The normalized spacial score (nSPS) is 19.5. The van der Waals surface area contributed by atoms with Gasteiger partial charge in [0, 0.05) is 33.0 Å². The number of carbonyl (C=O) groups is 2. The van der Waals surface area contributed by atoms with Crippen molar-refractivity contribution in [1.29, 1.82) is 0 Å². The van der Waals surface area contributed by atoms with Gasteiger partial charge in [-0.25, -0.2) is 9.59 Å². The molecular weight excluding hydrogens is 302 g/mol. The molecule has 0 unspecified atom stereocenters. The fourth-order valence-electron chi connectivity index (χ4n) is 2.90. The van der Waals surface area contributed by atoms with Crippen molar-refractivity contribution in [3.05, 3.63) is 17.5 Å². The summed E-state index contributed by atoms with van der Waals surface area (Å²) >= 11 is 0. The van der Waals surface area contributed by atoms with E-state index in [-0.39, 0.29) is 12.1 Å². The fraction of sp³-hybridized carbons (Fsp3) is 0.643. The Hall–Kier alpha value is -2.29. The maximum absolute atomic E-state index is 12.2. The molecule has 23 heavy (non-hydrogen) atoms. The van der Waals surface area contributed by atoms with Gasteiger partial charge in [0.25, 0.3) is 0 Å². The number of amides is 3. The number of urea groups is 1. The molecule has 2 aliphatic rings. The van der Waals surface area contributed by atoms with Gasteiger partial charge in [-0.05, 0) is 6.07 Å². The summed E-state index contributed by atoms with van der Waals surface area (Å²) in [4.78, 5) is 25.1. The number of hydrogen-bond donors (Lipinski definition) is 3. The topological polar surface area (TPSA) is 109 Å². The van der Waals surface area contributed by atoms with E-state index in [9.17, 15) is 9.59 Å². The number of likely N-dealkylation sites (tertiary alicyclic amines) is 1. The summed E-state index contributed by atoms with van der Waals surface area (Å²) in [5.74, 6) is 0. The number of carbonyl (C=O) groups excluding carboxylic acids is 2. The van der Waals surface area contributed by atoms with Crippen molar-refractivity contribution in [2.24, 2.45) is 0 Å². The van der Waals surface area contributed by atoms with Crippen molar-refractivity contribution in [2.45, 2.75) is 31.6 Å². The lowest BCUT2D eigenvalue weighted by Gasteiger charge is -2.37. The maximum atomic E-state index is 12.2. The summed E-state index contributed by atoms with van der Waals surface area (Å²) < 4.78 is 10.3. The summed E-state index contributed by atoms with van der Waals surface area (Å²) in [6.07, 6.45) is 0.941. The fourth-order valence-corrected chi connectivity index (χ4v) is 2.90. The molecule has 3 heterocycles. The highest BCUT2D eigenvalue weighted by molar-refractivity contribution is 5.74. The summed E-state index contributed by atoms with van der Waals surface area (Å²) in [6.45, 7) is 2.48. The molecule has 9 heteroatoms. The van der Waals surface area contributed by atoms with Crippen molar-refractivity contribution < 1.29 is 19.1 Å². The zero-order valence-corrected chi connectivity index (χ0v) is 13.1. The van der Waals surface area contributed by atoms with Crippen molar-refractivity contribution in [1.82, 2.24) is 25.7 Å². The quantitative estimate of drug-likeness (QED) is 0.740. The maximum Gasteiger partial charge on any atom is 0.407 e. The van der Waals surface area contributed by atoms with E-state index in [0.29, 0.717) is 45.6 Å². The second-order valence-corrected chi connectivity index (χ2v) is 5.89. The number of methoxy groups -OCH3 is 1. The molecule has 0 aromatic carbocycles. The molecule has 3 amide bonds. The van der Waals surface area contributed by atoms with Crippen LogP contribution in [0.15, 0.2) is 6.07 Å². The van der Waals surface area contributed by atoms with Crippen LogP contribution in [0.1, 0.15) is 24.2 Å². The lowest BCUT2D eigenvalue weighted by atomic mass is 9.92. The van der Waals surface area contributed by atoms with Crippen LogP contribution in [-0.4, -0.2) is 59.6 Å². The average Bonchev–Trinajstić information content (AvgIpc) is 3.13. The molecule has 1 aromatic rings. The number of piperidine rings is 1. The Balaban J connectivity index is 1.45. The Bertz CT molecular complexity index is 579. The first-order chi connectivity index (χ1) is 11.1. The first-order valence-corrected chi connectivity index (χ1v) is 7.62. The molecule has 0 atom stereocenters. The summed E-state index contributed by atoms with van der Waals surface area (Å²) in [5, 5.41) is 12.5. The lowest BCUT2D eigenvalue weighted by molar-refractivity contribution is 0.00974. The van der Waals surface area contributed by atoms with E-state index in [1.165, 1.54) is 0 Å². The first kappa shape index (κ1) is 15.6. The van der Waals surface area contributed by atoms with Crippen LogP contribution in [0, 0.1) is 0 Å². The second kappa shape index (κ2) is 6.45. The minimum atomic E-state index is -0.438. The van der Waals surface area contributed by atoms with Crippen LogP contribution in [0.3, 0.4) is 0 Å². The molecule has 1 aromatic heterocycles. The van der Waals surface area contributed by atoms with Crippen molar-refractivity contribution in [2.75, 3.05) is 26.7 Å². The average molecular weight is 323 g/mol. The number of rotatable bonds is 4. The van der Waals surface area contributed by atoms with Gasteiger partial charge in [0.1, 0.15) is 5.60 Å². The van der Waals surface area contributed by atoms with Crippen LogP contribution >= 0.6 is 0 Å². The summed E-state index contributed by atoms with van der Waals surface area (Å²) in [7, 11) is 1.61. The predicted molar refractivity (Wildman–Crippen MR) is 79.6 cm³/mol. The SMILES string of the molecule is COCc1cc(CNC(=O)N2CCC3(CC2)CNC(=O)O3)[nH]n1. The molecule has 2 fully saturated rings. The monoisotopic (exact) mass is 323 g/mol. The lowest BCUT2D eigenvalue weighted by Crippen LogP contribution is -2.51. The van der Waals surface area contributed by atoms with Gasteiger partial charge in [0.05, 0.1) is 31.1 Å². The van der Waals surface area contributed by atoms with Crippen molar-refractivity contribution in [3.8, 4) is 0 Å². The minimum Gasteiger partial charge on any atom is -0.441 e. The highest BCUT2D eigenvalue weighted by Gasteiger charge is 2.43. The zero-order chi connectivity index (χ0) is 16.3. The molecule has 1 spiro atoms. The van der Waals surface area contributed by atoms with Gasteiger partial charge < -0.3 is 25.0 Å². The number of hydrogen-bond acceptors (Lipinski definition) is 5. The van der Waals surface area contributed by atoms with Gasteiger partial charge in [0.2, 0.25) is 0 Å². The Kier molecular flexibility index (Phi) is 4.37. The molecule has 2 aliphatic heterocycles. The molecule has 2 saturated heterocycles. The van der Waals surface area contributed by atoms with Crippen molar-refractivity contribution >= 4 is 12.1 Å². The molecule has 0 aliphatic carbocycles. The van der Waals surface area contributed by atoms with Crippen LogP contribution in [0.5, 0.6) is 0 Å². The number of ether oxygens (including phenoxy) is 2. The Morgan fingerprint density at radius 3 is 2.96 bits per heavy atom. The van der Waals surface area contributed by atoms with Gasteiger partial charge in [-0.3, -0.25) is 5.10 Å². The van der Waals surface area contributed by atoms with Crippen molar-refractivity contribution in [3.63, 3.8) is 0 Å². The molecule has 3 rings (SSSR count). The first-order valence-electron chi connectivity index (χ1n) is 7.62. The van der Waals surface area contributed by atoms with Crippen LogP contribution in [0.25, 0.3) is 0 Å². The van der Waals surface area contributed by atoms with E-state index in [0.717, 1.165) is 11.4 Å². The van der Waals surface area contributed by atoms with Gasteiger partial charge in [-0.2, -0.15) is 5.10 Å². The third kappa shape index (κ3) is 3.55. The van der Waals surface area contributed by atoms with Gasteiger partial charge in [-0.15, -0.1) is 0 Å². The number of nitrogens with zero attached hydrogens (tertiary/aromatic N) is 2. The van der Waals surface area contributed by atoms with E-state index in [1.54, 1.807) is 12.0 Å². The molecule has 126 valence electrons. The summed E-state index contributed by atoms with van der Waals surface area (Å²) in [5.41, 5.74) is 1.19. The number of alkyl carbamates (subject to hydrolysis) is 1. The molecule has 9 nitrogen and oxygen atoms in total. The van der Waals surface area contributed by atoms with E-state index in [2.05, 4.69) is 20.8 Å². The van der Waals surface area contributed by atoms with Crippen LogP contribution in [-0.2, 0) is 22.6 Å². The highest BCUT2D eigenvalue weighted by Crippen LogP contribution is 2.29. The third-order valence-electron chi connectivity index (χ3n) is 4.23. The molecule has 0 radical (unpaired) electrons. The Morgan fingerprint density at radius 1 is 1.52 bits per heavy atom. The third-order valence-corrected chi connectivity index (χ3v) is 4.23. The standard InChI is InChI=1S/C14H21N5O4/c1-22-8-11-6-10(17-18-11)7-15-12(20)19-4-2-14(3-5-19)9-16-13(21)23-14/h6H,2-5,7-9H2,1H3,(H,15,20)(H,16,21)(H,17,18). The highest BCUT2D eigenvalue weighted by atomic mass is 16.6. The largest absolute Gasteiger partial charge is 0.441 e. The van der Waals surface area contributed by atoms with Crippen LogP contribution in [0.2, 0.25) is 0 Å². The van der Waals surface area contributed by atoms with E-state index in [4.69, 9.17) is 9.47 Å². The van der Waals surface area contributed by atoms with E-state index >= 15 is 0 Å². The number of nitrogens with one attached hydrogen (secondary N) is 3. The Morgan fingerprint density at radius 2 is 2.30 bits per heavy atom. The molecular formula is C14H21N5O4. The molecule has 0 bridgehead atoms. The van der Waals surface area contributed by atoms with Crippen LogP contribution in [0.4, 0.5) is 9.59 Å². The predicted octanol–water partition coefficient (Wildman–Crippen LogP) is 0.340. The second-order valence-electron chi connectivity index (χ2n) is 5.89. The molecule has 3 N–H and O–H groups in total. The van der Waals surface area contributed by atoms with Gasteiger partial charge in [0.15, 0.2) is 0 Å².